The van der Waals surface area contributed by atoms with Gasteiger partial charge in [-0.15, -0.1) is 0 Å². The molecule has 2 aliphatic carbocycles. The molecule has 3 nitrogen and oxygen atoms in total. The monoisotopic (exact) mass is 352 g/mol. The Morgan fingerprint density at radius 2 is 2.04 bits per heavy atom. The Labute approximate surface area is 158 Å². The van der Waals surface area contributed by atoms with Crippen molar-refractivity contribution in [3.05, 3.63) is 47.6 Å². The quantitative estimate of drug-likeness (QED) is 0.799. The standard InChI is InChI=1S/C23H32N2O/c1-17-14-19(18-6-5-7-20(15-18)26-2)8-9-21(17)22-16-23(22)24-10-13-25-11-3-4-12-25/h5-9,15,17,22-24H,3-4,10-14,16H2,1-2H3/t17?,22?,23-/m0/s1. The number of nitrogens with one attached hydrogen (secondary N) is 1. The van der Waals surface area contributed by atoms with Crippen LogP contribution in [0.1, 0.15) is 38.2 Å². The summed E-state index contributed by atoms with van der Waals surface area (Å²) in [4.78, 5) is 2.59. The summed E-state index contributed by atoms with van der Waals surface area (Å²) in [6, 6.07) is 9.15. The van der Waals surface area contributed by atoms with Gasteiger partial charge in [-0.1, -0.05) is 36.8 Å². The van der Waals surface area contributed by atoms with Crippen molar-refractivity contribution < 1.29 is 4.74 Å². The predicted octanol–water partition coefficient (Wildman–Crippen LogP) is 4.12. The van der Waals surface area contributed by atoms with Gasteiger partial charge in [-0.2, -0.15) is 0 Å². The fourth-order valence-electron chi connectivity index (χ4n) is 4.61. The van der Waals surface area contributed by atoms with Crippen molar-refractivity contribution in [1.29, 1.82) is 0 Å². The summed E-state index contributed by atoms with van der Waals surface area (Å²) in [7, 11) is 1.74. The maximum atomic E-state index is 5.38. The lowest BCUT2D eigenvalue weighted by atomic mass is 9.83. The third-order valence-electron chi connectivity index (χ3n) is 6.26. The van der Waals surface area contributed by atoms with Crippen molar-refractivity contribution >= 4 is 5.57 Å². The van der Waals surface area contributed by atoms with Crippen molar-refractivity contribution in [3.8, 4) is 5.75 Å². The van der Waals surface area contributed by atoms with Crippen LogP contribution in [0, 0.1) is 11.8 Å². The summed E-state index contributed by atoms with van der Waals surface area (Å²) >= 11 is 0. The molecule has 26 heavy (non-hydrogen) atoms. The summed E-state index contributed by atoms with van der Waals surface area (Å²) in [6.45, 7) is 7.36. The van der Waals surface area contributed by atoms with Gasteiger partial charge in [0.25, 0.3) is 0 Å². The van der Waals surface area contributed by atoms with E-state index < -0.39 is 0 Å². The number of ether oxygens (including phenoxy) is 1. The fourth-order valence-corrected chi connectivity index (χ4v) is 4.61. The zero-order chi connectivity index (χ0) is 17.9. The summed E-state index contributed by atoms with van der Waals surface area (Å²) in [5, 5.41) is 3.79. The zero-order valence-electron chi connectivity index (χ0n) is 16.2. The number of allylic oxidation sites excluding steroid dienone is 3. The van der Waals surface area contributed by atoms with Crippen LogP contribution in [0.2, 0.25) is 0 Å². The summed E-state index contributed by atoms with van der Waals surface area (Å²) in [6.07, 6.45) is 9.96. The Morgan fingerprint density at radius 3 is 2.81 bits per heavy atom. The highest BCUT2D eigenvalue weighted by atomic mass is 16.5. The van der Waals surface area contributed by atoms with E-state index in [4.69, 9.17) is 4.74 Å². The molecule has 3 atom stereocenters. The van der Waals surface area contributed by atoms with Crippen LogP contribution in [-0.2, 0) is 0 Å². The molecule has 3 heteroatoms. The second-order valence-electron chi connectivity index (χ2n) is 8.15. The van der Waals surface area contributed by atoms with E-state index in [9.17, 15) is 0 Å². The van der Waals surface area contributed by atoms with Crippen LogP contribution < -0.4 is 10.1 Å². The fraction of sp³-hybridized carbons (Fsp3) is 0.565. The third-order valence-corrected chi connectivity index (χ3v) is 6.26. The van der Waals surface area contributed by atoms with Crippen molar-refractivity contribution in [2.24, 2.45) is 11.8 Å². The average molecular weight is 353 g/mol. The van der Waals surface area contributed by atoms with Crippen molar-refractivity contribution in [1.82, 2.24) is 10.2 Å². The number of rotatable bonds is 7. The molecule has 2 fully saturated rings. The molecule has 3 aliphatic rings. The number of methoxy groups -OCH3 is 1. The van der Waals surface area contributed by atoms with E-state index in [2.05, 4.69) is 47.5 Å². The minimum Gasteiger partial charge on any atom is -0.497 e. The summed E-state index contributed by atoms with van der Waals surface area (Å²) in [5.74, 6) is 2.33. The van der Waals surface area contributed by atoms with E-state index in [-0.39, 0.29) is 0 Å². The zero-order valence-corrected chi connectivity index (χ0v) is 16.2. The van der Waals surface area contributed by atoms with E-state index in [0.29, 0.717) is 12.0 Å². The first-order valence-electron chi connectivity index (χ1n) is 10.3. The molecule has 2 unspecified atom stereocenters. The summed E-state index contributed by atoms with van der Waals surface area (Å²) < 4.78 is 5.38. The SMILES string of the molecule is COc1cccc(C2=CC=C(C3C[C@@H]3NCCN3CCCC3)C(C)C2)c1. The molecule has 1 heterocycles. The van der Waals surface area contributed by atoms with Crippen LogP contribution in [0.25, 0.3) is 5.57 Å². The highest BCUT2D eigenvalue weighted by Gasteiger charge is 2.41. The molecular formula is C23H32N2O. The minimum atomic E-state index is 0.636. The van der Waals surface area contributed by atoms with Crippen LogP contribution in [0.15, 0.2) is 42.0 Å². The molecule has 4 rings (SSSR count). The molecule has 1 N–H and O–H groups in total. The van der Waals surface area contributed by atoms with Gasteiger partial charge in [0.2, 0.25) is 0 Å². The lowest BCUT2D eigenvalue weighted by Gasteiger charge is -2.23. The smallest absolute Gasteiger partial charge is 0.119 e. The minimum absolute atomic E-state index is 0.636. The summed E-state index contributed by atoms with van der Waals surface area (Å²) in [5.41, 5.74) is 4.37. The average Bonchev–Trinajstić information content (AvgIpc) is 3.23. The number of hydrogen-bond donors (Lipinski definition) is 1. The topological polar surface area (TPSA) is 24.5 Å². The first kappa shape index (κ1) is 17.8. The van der Waals surface area contributed by atoms with Gasteiger partial charge in [-0.05, 0) is 73.9 Å². The lowest BCUT2D eigenvalue weighted by molar-refractivity contribution is 0.334. The van der Waals surface area contributed by atoms with Gasteiger partial charge in [0, 0.05) is 19.1 Å². The van der Waals surface area contributed by atoms with E-state index >= 15 is 0 Å². The van der Waals surface area contributed by atoms with Gasteiger partial charge in [0.1, 0.15) is 5.75 Å². The maximum Gasteiger partial charge on any atom is 0.119 e. The van der Waals surface area contributed by atoms with E-state index in [0.717, 1.165) is 24.6 Å². The molecule has 1 saturated heterocycles. The van der Waals surface area contributed by atoms with Crippen LogP contribution >= 0.6 is 0 Å². The van der Waals surface area contributed by atoms with Gasteiger partial charge >= 0.3 is 0 Å². The third kappa shape index (κ3) is 4.05. The van der Waals surface area contributed by atoms with Gasteiger partial charge in [-0.3, -0.25) is 0 Å². The number of benzene rings is 1. The van der Waals surface area contributed by atoms with E-state index in [1.807, 2.05) is 6.07 Å². The molecule has 0 bridgehead atoms. The van der Waals surface area contributed by atoms with Crippen molar-refractivity contribution in [2.75, 3.05) is 33.3 Å². The molecule has 0 aromatic heterocycles. The second-order valence-corrected chi connectivity index (χ2v) is 8.15. The Hall–Kier alpha value is -1.58. The van der Waals surface area contributed by atoms with Crippen LogP contribution in [-0.4, -0.2) is 44.2 Å². The van der Waals surface area contributed by atoms with Crippen molar-refractivity contribution in [2.45, 2.75) is 38.6 Å². The van der Waals surface area contributed by atoms with E-state index in [1.165, 1.54) is 50.0 Å². The molecule has 0 amide bonds. The molecule has 1 saturated carbocycles. The predicted molar refractivity (Wildman–Crippen MR) is 108 cm³/mol. The normalized spacial score (nSPS) is 28.6. The van der Waals surface area contributed by atoms with Crippen LogP contribution in [0.4, 0.5) is 0 Å². The number of hydrogen-bond acceptors (Lipinski definition) is 3. The largest absolute Gasteiger partial charge is 0.497 e. The Balaban J connectivity index is 1.33. The van der Waals surface area contributed by atoms with Gasteiger partial charge < -0.3 is 15.0 Å². The first-order chi connectivity index (χ1) is 12.7. The highest BCUT2D eigenvalue weighted by Crippen LogP contribution is 2.45. The first-order valence-corrected chi connectivity index (χ1v) is 10.3. The Morgan fingerprint density at radius 1 is 1.19 bits per heavy atom. The Bertz CT molecular complexity index is 687. The van der Waals surface area contributed by atoms with Crippen LogP contribution in [0.5, 0.6) is 5.75 Å². The second kappa shape index (κ2) is 7.98. The molecular weight excluding hydrogens is 320 g/mol. The van der Waals surface area contributed by atoms with Gasteiger partial charge in [0.05, 0.1) is 7.11 Å². The number of nitrogens with zero attached hydrogens (tertiary/aromatic N) is 1. The molecule has 1 aliphatic heterocycles. The molecule has 140 valence electrons. The van der Waals surface area contributed by atoms with Gasteiger partial charge in [-0.25, -0.2) is 0 Å². The molecule has 1 aromatic rings. The maximum absolute atomic E-state index is 5.38. The molecule has 0 radical (unpaired) electrons. The molecule has 1 aromatic carbocycles. The Kier molecular flexibility index (Phi) is 5.46. The van der Waals surface area contributed by atoms with Gasteiger partial charge in [0.15, 0.2) is 0 Å². The number of likely N-dealkylation sites (tertiary alicyclic amines) is 1. The van der Waals surface area contributed by atoms with E-state index in [1.54, 1.807) is 12.7 Å². The molecule has 0 spiro atoms. The van der Waals surface area contributed by atoms with Crippen LogP contribution in [0.3, 0.4) is 0 Å². The highest BCUT2D eigenvalue weighted by molar-refractivity contribution is 5.70. The van der Waals surface area contributed by atoms with Crippen molar-refractivity contribution in [3.63, 3.8) is 0 Å². The lowest BCUT2D eigenvalue weighted by Crippen LogP contribution is -2.31.